The Bertz CT molecular complexity index is 1390. The van der Waals surface area contributed by atoms with Gasteiger partial charge in [0.1, 0.15) is 17.5 Å². The first-order chi connectivity index (χ1) is 17.4. The molecule has 1 aliphatic heterocycles. The molecule has 36 heavy (non-hydrogen) atoms. The second kappa shape index (κ2) is 9.02. The second-order valence-corrected chi connectivity index (χ2v) is 10.0. The minimum Gasteiger partial charge on any atom is -0.366 e. The van der Waals surface area contributed by atoms with Crippen LogP contribution in [0.2, 0.25) is 0 Å². The van der Waals surface area contributed by atoms with E-state index in [4.69, 9.17) is 9.97 Å². The number of rotatable bonds is 7. The SMILES string of the molecule is Cc1cc(C)n(-c2nc(Nc3ccc(F)c(C)c3)cc(NC3C4CN(Cc5ccccc5)CC43)n2)n1. The maximum absolute atomic E-state index is 13.8. The Morgan fingerprint density at radius 1 is 0.917 bits per heavy atom. The molecule has 6 rings (SSSR count). The number of halogens is 1. The summed E-state index contributed by atoms with van der Waals surface area (Å²) in [7, 11) is 0. The number of hydrogen-bond donors (Lipinski definition) is 2. The van der Waals surface area contributed by atoms with Crippen molar-refractivity contribution in [2.24, 2.45) is 11.8 Å². The fourth-order valence-electron chi connectivity index (χ4n) is 5.34. The van der Waals surface area contributed by atoms with Gasteiger partial charge in [-0.25, -0.2) is 9.07 Å². The molecule has 2 atom stereocenters. The standard InChI is InChI=1S/C28H30FN7/c1-17-11-21(9-10-24(17)29)30-25-13-26(33-28(32-25)36-19(3)12-18(2)34-36)31-27-22-15-35(16-23(22)27)14-20-7-5-4-6-8-20/h4-13,22-23,27H,14-16H2,1-3H3,(H2,30,31,32,33). The number of hydrogen-bond acceptors (Lipinski definition) is 6. The molecule has 0 spiro atoms. The van der Waals surface area contributed by atoms with Crippen LogP contribution in [0.5, 0.6) is 0 Å². The molecule has 1 aliphatic carbocycles. The first-order valence-electron chi connectivity index (χ1n) is 12.4. The molecule has 0 amide bonds. The Balaban J connectivity index is 1.21. The van der Waals surface area contributed by atoms with Crippen LogP contribution in [0.4, 0.5) is 21.7 Å². The summed E-state index contributed by atoms with van der Waals surface area (Å²) in [6.07, 6.45) is 0. The van der Waals surface area contributed by atoms with Crippen LogP contribution in [0, 0.1) is 38.4 Å². The van der Waals surface area contributed by atoms with Crippen molar-refractivity contribution in [1.29, 1.82) is 0 Å². The van der Waals surface area contributed by atoms with Crippen molar-refractivity contribution in [2.45, 2.75) is 33.4 Å². The molecule has 184 valence electrons. The first kappa shape index (κ1) is 22.7. The van der Waals surface area contributed by atoms with E-state index in [9.17, 15) is 4.39 Å². The zero-order valence-corrected chi connectivity index (χ0v) is 20.7. The Morgan fingerprint density at radius 2 is 1.67 bits per heavy atom. The predicted molar refractivity (Wildman–Crippen MR) is 139 cm³/mol. The van der Waals surface area contributed by atoms with E-state index in [2.05, 4.69) is 51.0 Å². The third-order valence-electron chi connectivity index (χ3n) is 7.18. The topological polar surface area (TPSA) is 70.9 Å². The van der Waals surface area contributed by atoms with E-state index in [1.165, 1.54) is 11.6 Å². The smallest absolute Gasteiger partial charge is 0.254 e. The quantitative estimate of drug-likeness (QED) is 0.385. The molecule has 1 saturated heterocycles. The van der Waals surface area contributed by atoms with Crippen LogP contribution in [0.15, 0.2) is 60.7 Å². The third-order valence-corrected chi connectivity index (χ3v) is 7.18. The maximum Gasteiger partial charge on any atom is 0.254 e. The lowest BCUT2D eigenvalue weighted by atomic mass is 10.2. The number of nitrogens with one attached hydrogen (secondary N) is 2. The van der Waals surface area contributed by atoms with E-state index >= 15 is 0 Å². The van der Waals surface area contributed by atoms with Crippen LogP contribution in [0.25, 0.3) is 5.95 Å². The van der Waals surface area contributed by atoms with Gasteiger partial charge in [-0.1, -0.05) is 30.3 Å². The lowest BCUT2D eigenvalue weighted by molar-refractivity contribution is 0.292. The number of fused-ring (bicyclic) bond motifs is 1. The number of aryl methyl sites for hydroxylation is 3. The van der Waals surface area contributed by atoms with Crippen LogP contribution >= 0.6 is 0 Å². The van der Waals surface area contributed by atoms with E-state index in [-0.39, 0.29) is 5.82 Å². The van der Waals surface area contributed by atoms with Gasteiger partial charge in [-0.3, -0.25) is 4.90 Å². The van der Waals surface area contributed by atoms with Gasteiger partial charge in [-0.2, -0.15) is 15.1 Å². The highest BCUT2D eigenvalue weighted by Crippen LogP contribution is 2.47. The van der Waals surface area contributed by atoms with Gasteiger partial charge in [0.2, 0.25) is 0 Å². The number of nitrogens with zero attached hydrogens (tertiary/aromatic N) is 5. The van der Waals surface area contributed by atoms with Gasteiger partial charge in [-0.15, -0.1) is 0 Å². The summed E-state index contributed by atoms with van der Waals surface area (Å²) in [5.41, 5.74) is 4.59. The molecule has 0 radical (unpaired) electrons. The first-order valence-corrected chi connectivity index (χ1v) is 12.4. The molecule has 2 aromatic carbocycles. The lowest BCUT2D eigenvalue weighted by Crippen LogP contribution is -2.27. The average molecular weight is 484 g/mol. The van der Waals surface area contributed by atoms with Gasteiger partial charge in [0.05, 0.1) is 5.69 Å². The van der Waals surface area contributed by atoms with Crippen LogP contribution in [0.3, 0.4) is 0 Å². The van der Waals surface area contributed by atoms with Crippen LogP contribution in [0.1, 0.15) is 22.5 Å². The normalized spacial score (nSPS) is 20.8. The molecular formula is C28H30FN7. The zero-order valence-electron chi connectivity index (χ0n) is 20.7. The molecule has 2 aliphatic rings. The minimum atomic E-state index is -0.226. The van der Waals surface area contributed by atoms with Crippen molar-refractivity contribution in [1.82, 2.24) is 24.6 Å². The number of benzene rings is 2. The molecular weight excluding hydrogens is 453 g/mol. The van der Waals surface area contributed by atoms with Gasteiger partial charge in [-0.05, 0) is 68.0 Å². The number of piperidine rings is 1. The van der Waals surface area contributed by atoms with E-state index in [0.29, 0.717) is 35.2 Å². The molecule has 8 heteroatoms. The molecule has 2 N–H and O–H groups in total. The van der Waals surface area contributed by atoms with Crippen molar-refractivity contribution in [2.75, 3.05) is 23.7 Å². The van der Waals surface area contributed by atoms with Gasteiger partial charge in [0, 0.05) is 43.1 Å². The van der Waals surface area contributed by atoms with E-state index in [1.54, 1.807) is 23.7 Å². The van der Waals surface area contributed by atoms with Crippen LogP contribution < -0.4 is 10.6 Å². The summed E-state index contributed by atoms with van der Waals surface area (Å²) < 4.78 is 15.5. The fourth-order valence-corrected chi connectivity index (χ4v) is 5.34. The maximum atomic E-state index is 13.8. The molecule has 0 bridgehead atoms. The number of aromatic nitrogens is 4. The predicted octanol–water partition coefficient (Wildman–Crippen LogP) is 5.01. The van der Waals surface area contributed by atoms with Gasteiger partial charge in [0.25, 0.3) is 5.95 Å². The second-order valence-electron chi connectivity index (χ2n) is 10.0. The van der Waals surface area contributed by atoms with Crippen molar-refractivity contribution in [3.05, 3.63) is 89.0 Å². The largest absolute Gasteiger partial charge is 0.366 e. The number of likely N-dealkylation sites (tertiary alicyclic amines) is 1. The highest BCUT2D eigenvalue weighted by atomic mass is 19.1. The number of anilines is 3. The summed E-state index contributed by atoms with van der Waals surface area (Å²) in [5.74, 6) is 2.92. The Morgan fingerprint density at radius 3 is 2.36 bits per heavy atom. The molecule has 1 saturated carbocycles. The van der Waals surface area contributed by atoms with Gasteiger partial charge < -0.3 is 10.6 Å². The van der Waals surface area contributed by atoms with Crippen LogP contribution in [-0.4, -0.2) is 43.8 Å². The molecule has 2 aromatic heterocycles. The van der Waals surface area contributed by atoms with E-state index in [1.807, 2.05) is 26.0 Å². The fraction of sp³-hybridized carbons (Fsp3) is 0.321. The average Bonchev–Trinajstić information content (AvgIpc) is 3.15. The highest BCUT2D eigenvalue weighted by Gasteiger charge is 2.55. The summed E-state index contributed by atoms with van der Waals surface area (Å²) >= 11 is 0. The molecule has 7 nitrogen and oxygen atoms in total. The van der Waals surface area contributed by atoms with Crippen molar-refractivity contribution in [3.8, 4) is 5.95 Å². The summed E-state index contributed by atoms with van der Waals surface area (Å²) in [6, 6.07) is 19.9. The van der Waals surface area contributed by atoms with Crippen molar-refractivity contribution >= 4 is 17.3 Å². The summed E-state index contributed by atoms with van der Waals surface area (Å²) in [4.78, 5) is 12.1. The molecule has 3 heterocycles. The van der Waals surface area contributed by atoms with Crippen molar-refractivity contribution < 1.29 is 4.39 Å². The summed E-state index contributed by atoms with van der Waals surface area (Å²) in [6.45, 7) is 8.88. The van der Waals surface area contributed by atoms with E-state index in [0.717, 1.165) is 42.5 Å². The minimum absolute atomic E-state index is 0.226. The molecule has 4 aromatic rings. The Labute approximate surface area is 210 Å². The lowest BCUT2D eigenvalue weighted by Gasteiger charge is -2.20. The van der Waals surface area contributed by atoms with Crippen molar-refractivity contribution in [3.63, 3.8) is 0 Å². The van der Waals surface area contributed by atoms with Gasteiger partial charge in [0.15, 0.2) is 0 Å². The van der Waals surface area contributed by atoms with Crippen LogP contribution in [-0.2, 0) is 6.54 Å². The van der Waals surface area contributed by atoms with E-state index < -0.39 is 0 Å². The third kappa shape index (κ3) is 4.56. The molecule has 2 fully saturated rings. The molecule has 2 unspecified atom stereocenters. The monoisotopic (exact) mass is 483 g/mol. The Kier molecular flexibility index (Phi) is 5.68. The highest BCUT2D eigenvalue weighted by molar-refractivity contribution is 5.61. The summed E-state index contributed by atoms with van der Waals surface area (Å²) in [5, 5.41) is 11.6. The Hall–Kier alpha value is -3.78. The zero-order chi connectivity index (χ0) is 24.8. The van der Waals surface area contributed by atoms with Gasteiger partial charge >= 0.3 is 0 Å².